The fourth-order valence-corrected chi connectivity index (χ4v) is 4.70. The van der Waals surface area contributed by atoms with Gasteiger partial charge in [0.1, 0.15) is 11.4 Å². The number of methoxy groups -OCH3 is 1. The molecule has 1 amide bonds. The highest BCUT2D eigenvalue weighted by Crippen LogP contribution is 2.35. The molecule has 1 saturated heterocycles. The lowest BCUT2D eigenvalue weighted by Crippen LogP contribution is -2.47. The fourth-order valence-electron chi connectivity index (χ4n) is 4.70. The first-order valence-electron chi connectivity index (χ1n) is 11.4. The van der Waals surface area contributed by atoms with E-state index in [0.717, 1.165) is 50.3 Å². The van der Waals surface area contributed by atoms with Gasteiger partial charge in [-0.3, -0.25) is 4.79 Å². The molecule has 162 valence electrons. The summed E-state index contributed by atoms with van der Waals surface area (Å²) < 4.78 is 11.6. The Morgan fingerprint density at radius 3 is 2.52 bits per heavy atom. The average Bonchev–Trinajstić information content (AvgIpc) is 3.01. The van der Waals surface area contributed by atoms with Crippen LogP contribution >= 0.6 is 0 Å². The molecule has 1 aromatic carbocycles. The van der Waals surface area contributed by atoms with Crippen molar-refractivity contribution in [1.82, 2.24) is 4.90 Å². The quantitative estimate of drug-likeness (QED) is 0.631. The van der Waals surface area contributed by atoms with Crippen molar-refractivity contribution >= 4 is 11.6 Å². The highest BCUT2D eigenvalue weighted by molar-refractivity contribution is 5.97. The topological polar surface area (TPSA) is 50.8 Å². The molecule has 3 rings (SSSR count). The van der Waals surface area contributed by atoms with E-state index < -0.39 is 5.60 Å². The normalized spacial score (nSPS) is 25.9. The van der Waals surface area contributed by atoms with Crippen LogP contribution in [0.15, 0.2) is 24.3 Å². The van der Waals surface area contributed by atoms with Gasteiger partial charge in [0, 0.05) is 19.3 Å². The van der Waals surface area contributed by atoms with Crippen LogP contribution in [0.25, 0.3) is 0 Å². The molecule has 0 spiro atoms. The van der Waals surface area contributed by atoms with Gasteiger partial charge in [0.15, 0.2) is 0 Å². The number of rotatable bonds is 8. The van der Waals surface area contributed by atoms with E-state index in [0.29, 0.717) is 5.92 Å². The van der Waals surface area contributed by atoms with Gasteiger partial charge in [-0.1, -0.05) is 26.2 Å². The van der Waals surface area contributed by atoms with Crippen molar-refractivity contribution in [1.29, 1.82) is 0 Å². The summed E-state index contributed by atoms with van der Waals surface area (Å²) in [6.45, 7) is 6.50. The Morgan fingerprint density at radius 1 is 1.14 bits per heavy atom. The van der Waals surface area contributed by atoms with Gasteiger partial charge in [-0.15, -0.1) is 0 Å². The lowest BCUT2D eigenvalue weighted by atomic mass is 9.78. The van der Waals surface area contributed by atoms with Gasteiger partial charge in [-0.2, -0.15) is 0 Å². The largest absolute Gasteiger partial charge is 0.494 e. The minimum atomic E-state index is -0.694. The Balaban J connectivity index is 1.43. The lowest BCUT2D eigenvalue weighted by molar-refractivity contribution is -0.143. The summed E-state index contributed by atoms with van der Waals surface area (Å²) in [5.74, 6) is 1.34. The highest BCUT2D eigenvalue weighted by atomic mass is 16.5. The minimum absolute atomic E-state index is 0.0299. The lowest BCUT2D eigenvalue weighted by Gasteiger charge is -2.37. The van der Waals surface area contributed by atoms with Crippen LogP contribution in [-0.4, -0.2) is 49.8 Å². The number of benzene rings is 1. The van der Waals surface area contributed by atoms with Gasteiger partial charge in [0.2, 0.25) is 0 Å². The summed E-state index contributed by atoms with van der Waals surface area (Å²) in [5.41, 5.74) is 0.0988. The number of hydrogen-bond acceptors (Lipinski definition) is 4. The first kappa shape index (κ1) is 22.1. The average molecular weight is 403 g/mol. The molecule has 2 fully saturated rings. The molecule has 1 aliphatic carbocycles. The molecule has 5 heteroatoms. The third kappa shape index (κ3) is 6.45. The molecule has 0 aromatic heterocycles. The third-order valence-electron chi connectivity index (χ3n) is 6.46. The number of carbonyl (C=O) groups excluding carboxylic acids is 1. The summed E-state index contributed by atoms with van der Waals surface area (Å²) in [5, 5.41) is 3.04. The predicted molar refractivity (Wildman–Crippen MR) is 117 cm³/mol. The third-order valence-corrected chi connectivity index (χ3v) is 6.46. The van der Waals surface area contributed by atoms with Gasteiger partial charge < -0.3 is 19.7 Å². The highest BCUT2D eigenvalue weighted by Gasteiger charge is 2.41. The molecule has 0 radical (unpaired) electrons. The SMILES string of the molecule is CO[C@]1(C(=O)Nc2ccc(OCCCN3CCCCCC3)cc2)CCC[C@@H](C)C1. The number of anilines is 1. The van der Waals surface area contributed by atoms with E-state index in [9.17, 15) is 4.79 Å². The molecule has 1 aromatic rings. The van der Waals surface area contributed by atoms with Crippen LogP contribution in [0.4, 0.5) is 5.69 Å². The van der Waals surface area contributed by atoms with Crippen LogP contribution in [0.5, 0.6) is 5.75 Å². The van der Waals surface area contributed by atoms with E-state index >= 15 is 0 Å². The Hall–Kier alpha value is -1.59. The number of likely N-dealkylation sites (tertiary alicyclic amines) is 1. The van der Waals surface area contributed by atoms with Gasteiger partial charge in [-0.05, 0) is 81.8 Å². The minimum Gasteiger partial charge on any atom is -0.494 e. The molecule has 1 N–H and O–H groups in total. The molecule has 2 aliphatic rings. The van der Waals surface area contributed by atoms with Gasteiger partial charge >= 0.3 is 0 Å². The van der Waals surface area contributed by atoms with Gasteiger partial charge in [0.05, 0.1) is 6.61 Å². The second-order valence-electron chi connectivity index (χ2n) is 8.84. The summed E-state index contributed by atoms with van der Waals surface area (Å²) in [6.07, 6.45) is 10.2. The Morgan fingerprint density at radius 2 is 1.86 bits per heavy atom. The number of nitrogens with zero attached hydrogens (tertiary/aromatic N) is 1. The smallest absolute Gasteiger partial charge is 0.256 e. The zero-order valence-electron chi connectivity index (χ0n) is 18.3. The first-order chi connectivity index (χ1) is 14.1. The summed E-state index contributed by atoms with van der Waals surface area (Å²) in [6, 6.07) is 7.70. The Kier molecular flexibility index (Phi) is 8.37. The van der Waals surface area contributed by atoms with Crippen LogP contribution < -0.4 is 10.1 Å². The zero-order valence-corrected chi connectivity index (χ0v) is 18.3. The molecular weight excluding hydrogens is 364 g/mol. The van der Waals surface area contributed by atoms with Gasteiger partial charge in [0.25, 0.3) is 5.91 Å². The number of amides is 1. The molecule has 0 bridgehead atoms. The molecule has 2 atom stereocenters. The van der Waals surface area contributed by atoms with Crippen LogP contribution in [0.1, 0.15) is 64.7 Å². The zero-order chi connectivity index (χ0) is 20.5. The molecule has 1 heterocycles. The van der Waals surface area contributed by atoms with E-state index in [2.05, 4.69) is 17.1 Å². The van der Waals surface area contributed by atoms with Crippen LogP contribution in [0.2, 0.25) is 0 Å². The van der Waals surface area contributed by atoms with Crippen molar-refractivity contribution in [2.75, 3.05) is 38.7 Å². The van der Waals surface area contributed by atoms with Crippen molar-refractivity contribution in [3.05, 3.63) is 24.3 Å². The van der Waals surface area contributed by atoms with E-state index in [1.807, 2.05) is 24.3 Å². The Bertz CT molecular complexity index is 626. The van der Waals surface area contributed by atoms with E-state index in [1.54, 1.807) is 7.11 Å². The maximum Gasteiger partial charge on any atom is 0.256 e. The predicted octanol–water partition coefficient (Wildman–Crippen LogP) is 4.87. The number of hydrogen-bond donors (Lipinski definition) is 1. The van der Waals surface area contributed by atoms with Crippen LogP contribution in [0.3, 0.4) is 0 Å². The van der Waals surface area contributed by atoms with E-state index in [4.69, 9.17) is 9.47 Å². The van der Waals surface area contributed by atoms with Crippen molar-refractivity contribution in [2.45, 2.75) is 70.3 Å². The first-order valence-corrected chi connectivity index (χ1v) is 11.4. The molecule has 1 aliphatic heterocycles. The van der Waals surface area contributed by atoms with Gasteiger partial charge in [-0.25, -0.2) is 0 Å². The summed E-state index contributed by atoms with van der Waals surface area (Å²) >= 11 is 0. The van der Waals surface area contributed by atoms with Crippen molar-refractivity contribution < 1.29 is 14.3 Å². The molecule has 0 unspecified atom stereocenters. The van der Waals surface area contributed by atoms with Crippen molar-refractivity contribution in [2.24, 2.45) is 5.92 Å². The van der Waals surface area contributed by atoms with E-state index in [-0.39, 0.29) is 5.91 Å². The maximum atomic E-state index is 12.9. The van der Waals surface area contributed by atoms with Crippen molar-refractivity contribution in [3.8, 4) is 5.75 Å². The second kappa shape index (κ2) is 11.0. The second-order valence-corrected chi connectivity index (χ2v) is 8.84. The van der Waals surface area contributed by atoms with Crippen LogP contribution in [-0.2, 0) is 9.53 Å². The number of nitrogens with one attached hydrogen (secondary N) is 1. The van der Waals surface area contributed by atoms with Crippen molar-refractivity contribution in [3.63, 3.8) is 0 Å². The maximum absolute atomic E-state index is 12.9. The molecule has 5 nitrogen and oxygen atoms in total. The van der Waals surface area contributed by atoms with Crippen LogP contribution in [0, 0.1) is 5.92 Å². The molecule has 29 heavy (non-hydrogen) atoms. The summed E-state index contributed by atoms with van der Waals surface area (Å²) in [4.78, 5) is 15.4. The summed E-state index contributed by atoms with van der Waals surface area (Å²) in [7, 11) is 1.65. The molecular formula is C24H38N2O3. The Labute approximate surface area is 176 Å². The van der Waals surface area contributed by atoms with E-state index in [1.165, 1.54) is 45.2 Å². The molecule has 1 saturated carbocycles. The fraction of sp³-hybridized carbons (Fsp3) is 0.708. The number of ether oxygens (including phenoxy) is 2. The standard InChI is InChI=1S/C24H38N2O3/c1-20-9-7-14-24(19-20,28-2)23(27)25-21-10-12-22(13-11-21)29-18-8-17-26-15-5-3-4-6-16-26/h10-13,20H,3-9,14-19H2,1-2H3,(H,25,27)/t20-,24-/m1/s1. The number of carbonyl (C=O) groups is 1. The monoisotopic (exact) mass is 402 g/mol.